The first-order valence-electron chi connectivity index (χ1n) is 7.75. The van der Waals surface area contributed by atoms with Crippen molar-refractivity contribution >= 4 is 12.0 Å². The van der Waals surface area contributed by atoms with Gasteiger partial charge in [-0.2, -0.15) is 0 Å². The Bertz CT molecular complexity index is 405. The average molecular weight is 280 g/mol. The SMILES string of the molecule is CC1(CNC(=O)N2C3CCC2CC(CC(=O)O)C3)CC1. The van der Waals surface area contributed by atoms with Gasteiger partial charge in [-0.15, -0.1) is 0 Å². The van der Waals surface area contributed by atoms with Crippen molar-refractivity contribution < 1.29 is 14.7 Å². The fourth-order valence-corrected chi connectivity index (χ4v) is 3.81. The molecule has 5 heteroatoms. The first-order valence-corrected chi connectivity index (χ1v) is 7.75. The average Bonchev–Trinajstić information content (AvgIpc) is 3.04. The molecule has 20 heavy (non-hydrogen) atoms. The number of fused-ring (bicyclic) bond motifs is 2. The fourth-order valence-electron chi connectivity index (χ4n) is 3.81. The normalized spacial score (nSPS) is 33.9. The van der Waals surface area contributed by atoms with E-state index in [4.69, 9.17) is 5.11 Å². The van der Waals surface area contributed by atoms with E-state index < -0.39 is 5.97 Å². The van der Waals surface area contributed by atoms with Gasteiger partial charge in [0.2, 0.25) is 0 Å². The fraction of sp³-hybridized carbons (Fsp3) is 0.867. The van der Waals surface area contributed by atoms with Gasteiger partial charge in [0.25, 0.3) is 0 Å². The lowest BCUT2D eigenvalue weighted by molar-refractivity contribution is -0.138. The van der Waals surface area contributed by atoms with Crippen LogP contribution >= 0.6 is 0 Å². The van der Waals surface area contributed by atoms with E-state index in [-0.39, 0.29) is 30.5 Å². The van der Waals surface area contributed by atoms with Crippen molar-refractivity contribution in [2.24, 2.45) is 11.3 Å². The third-order valence-electron chi connectivity index (χ3n) is 5.30. The summed E-state index contributed by atoms with van der Waals surface area (Å²) in [5, 5.41) is 12.0. The molecule has 0 aromatic carbocycles. The third-order valence-corrected chi connectivity index (χ3v) is 5.30. The summed E-state index contributed by atoms with van der Waals surface area (Å²) in [6.07, 6.45) is 6.44. The van der Waals surface area contributed by atoms with E-state index in [1.54, 1.807) is 0 Å². The van der Waals surface area contributed by atoms with E-state index in [9.17, 15) is 9.59 Å². The molecule has 3 fully saturated rings. The van der Waals surface area contributed by atoms with Crippen LogP contribution in [0.5, 0.6) is 0 Å². The van der Waals surface area contributed by atoms with Crippen molar-refractivity contribution in [1.82, 2.24) is 10.2 Å². The molecule has 0 aromatic heterocycles. The number of urea groups is 1. The summed E-state index contributed by atoms with van der Waals surface area (Å²) >= 11 is 0. The van der Waals surface area contributed by atoms with Crippen LogP contribution in [-0.2, 0) is 4.79 Å². The molecule has 1 saturated carbocycles. The van der Waals surface area contributed by atoms with Crippen molar-refractivity contribution in [3.63, 3.8) is 0 Å². The van der Waals surface area contributed by atoms with Crippen LogP contribution in [0.2, 0.25) is 0 Å². The molecule has 2 aliphatic heterocycles. The number of amides is 2. The maximum absolute atomic E-state index is 12.4. The van der Waals surface area contributed by atoms with E-state index in [1.165, 1.54) is 12.8 Å². The molecule has 0 aromatic rings. The predicted molar refractivity (Wildman–Crippen MR) is 74.4 cm³/mol. The van der Waals surface area contributed by atoms with Crippen LogP contribution < -0.4 is 5.32 Å². The number of aliphatic carboxylic acids is 1. The Morgan fingerprint density at radius 3 is 2.35 bits per heavy atom. The van der Waals surface area contributed by atoms with E-state index in [2.05, 4.69) is 12.2 Å². The zero-order valence-electron chi connectivity index (χ0n) is 12.1. The van der Waals surface area contributed by atoms with Gasteiger partial charge in [0, 0.05) is 25.0 Å². The van der Waals surface area contributed by atoms with Crippen molar-refractivity contribution in [1.29, 1.82) is 0 Å². The lowest BCUT2D eigenvalue weighted by Gasteiger charge is -2.38. The van der Waals surface area contributed by atoms with Gasteiger partial charge in [-0.1, -0.05) is 6.92 Å². The van der Waals surface area contributed by atoms with Crippen molar-refractivity contribution in [2.45, 2.75) is 64.0 Å². The second-order valence-electron chi connectivity index (χ2n) is 7.20. The molecule has 2 amide bonds. The Kier molecular flexibility index (Phi) is 3.38. The summed E-state index contributed by atoms with van der Waals surface area (Å²) in [5.41, 5.74) is 0.330. The van der Waals surface area contributed by atoms with E-state index in [0.717, 1.165) is 32.2 Å². The highest BCUT2D eigenvalue weighted by molar-refractivity contribution is 5.75. The number of nitrogens with zero attached hydrogens (tertiary/aromatic N) is 1. The lowest BCUT2D eigenvalue weighted by atomic mass is 9.88. The second kappa shape index (κ2) is 4.93. The van der Waals surface area contributed by atoms with Crippen molar-refractivity contribution in [2.75, 3.05) is 6.54 Å². The molecule has 3 aliphatic rings. The summed E-state index contributed by atoms with van der Waals surface area (Å²) in [7, 11) is 0. The van der Waals surface area contributed by atoms with Gasteiger partial charge in [0.1, 0.15) is 0 Å². The number of hydrogen-bond acceptors (Lipinski definition) is 2. The molecular formula is C15H24N2O3. The van der Waals surface area contributed by atoms with Gasteiger partial charge in [-0.3, -0.25) is 4.79 Å². The van der Waals surface area contributed by atoms with Gasteiger partial charge < -0.3 is 15.3 Å². The van der Waals surface area contributed by atoms with Crippen LogP contribution in [0.15, 0.2) is 0 Å². The topological polar surface area (TPSA) is 69.6 Å². The summed E-state index contributed by atoms with van der Waals surface area (Å²) in [6.45, 7) is 2.99. The molecule has 2 heterocycles. The zero-order valence-corrected chi connectivity index (χ0v) is 12.1. The molecule has 1 aliphatic carbocycles. The Labute approximate surface area is 119 Å². The first-order chi connectivity index (χ1) is 9.47. The Balaban J connectivity index is 1.56. The Morgan fingerprint density at radius 1 is 1.25 bits per heavy atom. The molecule has 3 rings (SSSR count). The number of carbonyl (C=O) groups excluding carboxylic acids is 1. The molecule has 2 bridgehead atoms. The van der Waals surface area contributed by atoms with Crippen molar-refractivity contribution in [3.05, 3.63) is 0 Å². The Morgan fingerprint density at radius 2 is 1.85 bits per heavy atom. The number of piperidine rings is 1. The van der Waals surface area contributed by atoms with E-state index in [1.807, 2.05) is 4.90 Å². The highest BCUT2D eigenvalue weighted by atomic mass is 16.4. The number of rotatable bonds is 4. The quantitative estimate of drug-likeness (QED) is 0.829. The molecule has 5 nitrogen and oxygen atoms in total. The summed E-state index contributed by atoms with van der Waals surface area (Å²) in [6, 6.07) is 0.578. The molecule has 2 unspecified atom stereocenters. The molecule has 2 N–H and O–H groups in total. The molecular weight excluding hydrogens is 256 g/mol. The van der Waals surface area contributed by atoms with Crippen LogP contribution in [0.4, 0.5) is 4.79 Å². The molecule has 2 saturated heterocycles. The van der Waals surface area contributed by atoms with Crippen LogP contribution in [-0.4, -0.2) is 40.6 Å². The van der Waals surface area contributed by atoms with Gasteiger partial charge in [-0.05, 0) is 49.9 Å². The predicted octanol–water partition coefficient (Wildman–Crippen LogP) is 2.21. The van der Waals surface area contributed by atoms with Gasteiger partial charge >= 0.3 is 12.0 Å². The summed E-state index contributed by atoms with van der Waals surface area (Å²) < 4.78 is 0. The minimum absolute atomic E-state index is 0.0689. The largest absolute Gasteiger partial charge is 0.481 e. The van der Waals surface area contributed by atoms with Gasteiger partial charge in [0.05, 0.1) is 0 Å². The molecule has 2 atom stereocenters. The minimum Gasteiger partial charge on any atom is -0.481 e. The minimum atomic E-state index is -0.714. The third kappa shape index (κ3) is 2.76. The summed E-state index contributed by atoms with van der Waals surface area (Å²) in [5.74, 6) is -0.469. The number of nitrogens with one attached hydrogen (secondary N) is 1. The standard InChI is InChI=1S/C15H24N2O3/c1-15(4-5-15)9-16-14(20)17-11-2-3-12(17)7-10(6-11)8-13(18)19/h10-12H,2-9H2,1H3,(H,16,20)(H,18,19). The van der Waals surface area contributed by atoms with Crippen LogP contribution in [0.1, 0.15) is 51.9 Å². The van der Waals surface area contributed by atoms with E-state index >= 15 is 0 Å². The number of carboxylic acids is 1. The molecule has 0 radical (unpaired) electrons. The maximum atomic E-state index is 12.4. The van der Waals surface area contributed by atoms with Crippen molar-refractivity contribution in [3.8, 4) is 0 Å². The Hall–Kier alpha value is -1.26. The summed E-state index contributed by atoms with van der Waals surface area (Å²) in [4.78, 5) is 25.2. The smallest absolute Gasteiger partial charge is 0.317 e. The number of carboxylic acid groups (broad SMARTS) is 1. The van der Waals surface area contributed by atoms with Gasteiger partial charge in [0.15, 0.2) is 0 Å². The monoisotopic (exact) mass is 280 g/mol. The number of hydrogen-bond donors (Lipinski definition) is 2. The second-order valence-corrected chi connectivity index (χ2v) is 7.20. The number of carbonyl (C=O) groups is 2. The first kappa shape index (κ1) is 13.7. The lowest BCUT2D eigenvalue weighted by Crippen LogP contribution is -2.51. The van der Waals surface area contributed by atoms with Crippen LogP contribution in [0, 0.1) is 11.3 Å². The molecule has 112 valence electrons. The zero-order chi connectivity index (χ0) is 14.3. The highest BCUT2D eigenvalue weighted by Crippen LogP contribution is 2.44. The van der Waals surface area contributed by atoms with Crippen LogP contribution in [0.3, 0.4) is 0 Å². The maximum Gasteiger partial charge on any atom is 0.317 e. The van der Waals surface area contributed by atoms with E-state index in [0.29, 0.717) is 5.41 Å². The molecule has 0 spiro atoms. The van der Waals surface area contributed by atoms with Crippen LogP contribution in [0.25, 0.3) is 0 Å². The highest BCUT2D eigenvalue weighted by Gasteiger charge is 2.44. The van der Waals surface area contributed by atoms with Gasteiger partial charge in [-0.25, -0.2) is 4.79 Å².